The van der Waals surface area contributed by atoms with Gasteiger partial charge in [0.1, 0.15) is 0 Å². The Morgan fingerprint density at radius 2 is 1.29 bits per heavy atom. The number of amides is 1. The Morgan fingerprint density at radius 3 is 2.08 bits per heavy atom. The number of carboxylic acid groups (broad SMARTS) is 1. The average Bonchev–Trinajstić information content (AvgIpc) is 2.97. The zero-order chi connectivity index (χ0) is 26.3. The van der Waals surface area contributed by atoms with Gasteiger partial charge < -0.3 is 10.0 Å². The largest absolute Gasteiger partial charge is 0.478 e. The first kappa shape index (κ1) is 25.0. The van der Waals surface area contributed by atoms with Gasteiger partial charge in [0, 0.05) is 18.7 Å². The lowest BCUT2D eigenvalue weighted by atomic mass is 9.98. The number of carbonyl (C=O) groups excluding carboxylic acids is 1. The molecule has 0 bridgehead atoms. The van der Waals surface area contributed by atoms with E-state index in [9.17, 15) is 14.7 Å². The van der Waals surface area contributed by atoms with Crippen molar-refractivity contribution in [1.29, 1.82) is 0 Å². The van der Waals surface area contributed by atoms with Gasteiger partial charge in [-0.25, -0.2) is 4.79 Å². The van der Waals surface area contributed by atoms with Crippen molar-refractivity contribution >= 4 is 22.6 Å². The lowest BCUT2D eigenvalue weighted by Crippen LogP contribution is -2.32. The summed E-state index contributed by atoms with van der Waals surface area (Å²) in [5.41, 5.74) is 4.74. The van der Waals surface area contributed by atoms with Crippen LogP contribution in [0.3, 0.4) is 0 Å². The van der Waals surface area contributed by atoms with E-state index in [2.05, 4.69) is 12.1 Å². The third kappa shape index (κ3) is 5.65. The van der Waals surface area contributed by atoms with E-state index >= 15 is 0 Å². The summed E-state index contributed by atoms with van der Waals surface area (Å²) in [6.07, 6.45) is 1.75. The van der Waals surface area contributed by atoms with Gasteiger partial charge in [-0.1, -0.05) is 109 Å². The molecule has 188 valence electrons. The summed E-state index contributed by atoms with van der Waals surface area (Å²) in [5.74, 6) is -0.940. The molecule has 0 aliphatic heterocycles. The standard InChI is InChI=1S/C34H29NO3/c36-33(31-18-8-14-27-13-4-5-15-29(27)31)35(23-9-12-25-10-2-1-3-11-25)24-26-19-21-28(22-20-26)30-16-6-7-17-32(30)34(37)38/h1-8,10-11,13-22H,9,12,23-24H2,(H,37,38). The first-order chi connectivity index (χ1) is 18.6. The summed E-state index contributed by atoms with van der Waals surface area (Å²) in [5, 5.41) is 11.6. The maximum atomic E-state index is 13.9. The minimum absolute atomic E-state index is 0.00941. The van der Waals surface area contributed by atoms with Crippen LogP contribution in [0.2, 0.25) is 0 Å². The highest BCUT2D eigenvalue weighted by molar-refractivity contribution is 6.07. The fraction of sp³-hybridized carbons (Fsp3) is 0.118. The molecule has 1 amide bonds. The second-order valence-electron chi connectivity index (χ2n) is 9.39. The molecule has 4 nitrogen and oxygen atoms in total. The number of aryl methyl sites for hydroxylation is 1. The fourth-order valence-corrected chi connectivity index (χ4v) is 4.88. The second kappa shape index (κ2) is 11.6. The van der Waals surface area contributed by atoms with Crippen LogP contribution in [0.5, 0.6) is 0 Å². The molecule has 5 rings (SSSR count). The van der Waals surface area contributed by atoms with Crippen LogP contribution in [-0.4, -0.2) is 28.4 Å². The van der Waals surface area contributed by atoms with Gasteiger partial charge >= 0.3 is 5.97 Å². The minimum Gasteiger partial charge on any atom is -0.478 e. The van der Waals surface area contributed by atoms with E-state index < -0.39 is 5.97 Å². The van der Waals surface area contributed by atoms with Crippen molar-refractivity contribution < 1.29 is 14.7 Å². The van der Waals surface area contributed by atoms with E-state index in [1.54, 1.807) is 12.1 Å². The molecule has 0 atom stereocenters. The Morgan fingerprint density at radius 1 is 0.632 bits per heavy atom. The second-order valence-corrected chi connectivity index (χ2v) is 9.39. The van der Waals surface area contributed by atoms with Gasteiger partial charge in [0.2, 0.25) is 0 Å². The van der Waals surface area contributed by atoms with E-state index in [1.807, 2.05) is 102 Å². The molecule has 0 aliphatic carbocycles. The van der Waals surface area contributed by atoms with Crippen molar-refractivity contribution in [1.82, 2.24) is 4.90 Å². The van der Waals surface area contributed by atoms with E-state index in [1.165, 1.54) is 5.56 Å². The number of rotatable bonds is 9. The molecular weight excluding hydrogens is 470 g/mol. The predicted molar refractivity (Wildman–Crippen MR) is 152 cm³/mol. The first-order valence-corrected chi connectivity index (χ1v) is 12.8. The van der Waals surface area contributed by atoms with Gasteiger partial charge in [0.05, 0.1) is 5.56 Å². The van der Waals surface area contributed by atoms with Crippen LogP contribution in [0, 0.1) is 0 Å². The number of hydrogen-bond acceptors (Lipinski definition) is 2. The van der Waals surface area contributed by atoms with Crippen LogP contribution in [0.1, 0.15) is 38.3 Å². The van der Waals surface area contributed by atoms with Gasteiger partial charge in [-0.3, -0.25) is 4.79 Å². The van der Waals surface area contributed by atoms with Gasteiger partial charge in [0.25, 0.3) is 5.91 Å². The predicted octanol–water partition coefficient (Wildman–Crippen LogP) is 7.48. The number of aromatic carboxylic acids is 1. The summed E-state index contributed by atoms with van der Waals surface area (Å²) in [6.45, 7) is 1.10. The van der Waals surface area contributed by atoms with Crippen LogP contribution < -0.4 is 0 Å². The summed E-state index contributed by atoms with van der Waals surface area (Å²) in [6, 6.07) is 39.0. The Bertz CT molecular complexity index is 1550. The smallest absolute Gasteiger partial charge is 0.336 e. The van der Waals surface area contributed by atoms with Gasteiger partial charge in [-0.15, -0.1) is 0 Å². The SMILES string of the molecule is O=C(O)c1ccccc1-c1ccc(CN(CCCc2ccccc2)C(=O)c2cccc3ccccc23)cc1. The molecule has 5 aromatic carbocycles. The molecule has 0 saturated heterocycles. The molecule has 0 heterocycles. The summed E-state index contributed by atoms with van der Waals surface area (Å²) >= 11 is 0. The Kier molecular flexibility index (Phi) is 7.60. The van der Waals surface area contributed by atoms with Crippen molar-refractivity contribution in [3.8, 4) is 11.1 Å². The van der Waals surface area contributed by atoms with E-state index in [0.717, 1.165) is 34.7 Å². The molecule has 0 aromatic heterocycles. The summed E-state index contributed by atoms with van der Waals surface area (Å²) < 4.78 is 0. The zero-order valence-corrected chi connectivity index (χ0v) is 21.1. The molecular formula is C34H29NO3. The third-order valence-electron chi connectivity index (χ3n) is 6.84. The molecule has 0 aliphatic rings. The van der Waals surface area contributed by atoms with Crippen molar-refractivity contribution in [2.24, 2.45) is 0 Å². The summed E-state index contributed by atoms with van der Waals surface area (Å²) in [7, 11) is 0. The van der Waals surface area contributed by atoms with Crippen molar-refractivity contribution in [3.05, 3.63) is 144 Å². The van der Waals surface area contributed by atoms with Crippen LogP contribution in [-0.2, 0) is 13.0 Å². The summed E-state index contributed by atoms with van der Waals surface area (Å²) in [4.78, 5) is 27.5. The lowest BCUT2D eigenvalue weighted by molar-refractivity contribution is 0.0696. The van der Waals surface area contributed by atoms with Crippen molar-refractivity contribution in [3.63, 3.8) is 0 Å². The fourth-order valence-electron chi connectivity index (χ4n) is 4.88. The number of nitrogens with zero attached hydrogens (tertiary/aromatic N) is 1. The van der Waals surface area contributed by atoms with Crippen molar-refractivity contribution in [2.45, 2.75) is 19.4 Å². The van der Waals surface area contributed by atoms with Crippen LogP contribution >= 0.6 is 0 Å². The molecule has 0 spiro atoms. The topological polar surface area (TPSA) is 57.6 Å². The molecule has 1 N–H and O–H groups in total. The zero-order valence-electron chi connectivity index (χ0n) is 21.1. The van der Waals surface area contributed by atoms with Gasteiger partial charge in [-0.2, -0.15) is 0 Å². The maximum absolute atomic E-state index is 13.9. The monoisotopic (exact) mass is 499 g/mol. The molecule has 0 fully saturated rings. The highest BCUT2D eigenvalue weighted by atomic mass is 16.4. The highest BCUT2D eigenvalue weighted by Crippen LogP contribution is 2.26. The number of carbonyl (C=O) groups is 2. The number of hydrogen-bond donors (Lipinski definition) is 1. The van der Waals surface area contributed by atoms with Crippen LogP contribution in [0.15, 0.2) is 121 Å². The minimum atomic E-state index is -0.949. The quantitative estimate of drug-likeness (QED) is 0.229. The third-order valence-corrected chi connectivity index (χ3v) is 6.84. The Balaban J connectivity index is 1.40. The van der Waals surface area contributed by atoms with E-state index in [0.29, 0.717) is 24.2 Å². The molecule has 38 heavy (non-hydrogen) atoms. The molecule has 0 radical (unpaired) electrons. The Hall–Kier alpha value is -4.70. The Labute approximate surface area is 222 Å². The maximum Gasteiger partial charge on any atom is 0.336 e. The number of carboxylic acids is 1. The molecule has 4 heteroatoms. The van der Waals surface area contributed by atoms with Gasteiger partial charge in [-0.05, 0) is 58.0 Å². The van der Waals surface area contributed by atoms with Gasteiger partial charge in [0.15, 0.2) is 0 Å². The molecule has 0 saturated carbocycles. The lowest BCUT2D eigenvalue weighted by Gasteiger charge is -2.24. The highest BCUT2D eigenvalue weighted by Gasteiger charge is 2.19. The number of benzene rings is 5. The number of fused-ring (bicyclic) bond motifs is 1. The van der Waals surface area contributed by atoms with E-state index in [-0.39, 0.29) is 11.5 Å². The molecule has 5 aromatic rings. The van der Waals surface area contributed by atoms with Crippen LogP contribution in [0.4, 0.5) is 0 Å². The van der Waals surface area contributed by atoms with E-state index in [4.69, 9.17) is 0 Å². The van der Waals surface area contributed by atoms with Crippen molar-refractivity contribution in [2.75, 3.05) is 6.54 Å². The average molecular weight is 500 g/mol. The molecule has 0 unspecified atom stereocenters. The first-order valence-electron chi connectivity index (χ1n) is 12.8. The normalized spacial score (nSPS) is 10.8. The van der Waals surface area contributed by atoms with Crippen LogP contribution in [0.25, 0.3) is 21.9 Å².